The van der Waals surface area contributed by atoms with E-state index in [0.29, 0.717) is 31.0 Å². The van der Waals surface area contributed by atoms with Gasteiger partial charge in [-0.15, -0.1) is 0 Å². The summed E-state index contributed by atoms with van der Waals surface area (Å²) in [6.45, 7) is 3.24. The lowest BCUT2D eigenvalue weighted by molar-refractivity contribution is -0.139. The first-order valence-corrected chi connectivity index (χ1v) is 15.9. The van der Waals surface area contributed by atoms with Gasteiger partial charge in [-0.25, -0.2) is 4.79 Å². The molecule has 1 fully saturated rings. The average molecular weight is 571 g/mol. The van der Waals surface area contributed by atoms with Crippen molar-refractivity contribution in [1.82, 2.24) is 0 Å². The number of carbonyl (C=O) groups is 1. The summed E-state index contributed by atoms with van der Waals surface area (Å²) in [4.78, 5) is 11.2. The average Bonchev–Trinajstić information content (AvgIpc) is 3.36. The first-order valence-electron chi connectivity index (χ1n) is 15.9. The number of aliphatic carboxylic acids is 1. The van der Waals surface area contributed by atoms with E-state index in [0.717, 1.165) is 44.3 Å². The molecule has 5 heteroatoms. The van der Waals surface area contributed by atoms with Crippen LogP contribution < -0.4 is 4.74 Å². The molecule has 0 heterocycles. The molecule has 0 aliphatic heterocycles. The van der Waals surface area contributed by atoms with Gasteiger partial charge in [0.25, 0.3) is 0 Å². The van der Waals surface area contributed by atoms with Crippen molar-refractivity contribution in [2.45, 2.75) is 90.1 Å². The lowest BCUT2D eigenvalue weighted by atomic mass is 9.73. The molecule has 0 radical (unpaired) electrons. The topological polar surface area (TPSA) is 65.0 Å². The summed E-state index contributed by atoms with van der Waals surface area (Å²) in [7, 11) is 0. The Morgan fingerprint density at radius 2 is 1.62 bits per heavy atom. The third-order valence-corrected chi connectivity index (χ3v) is 9.26. The van der Waals surface area contributed by atoms with Gasteiger partial charge in [-0.2, -0.15) is 0 Å². The number of carboxylic acid groups (broad SMARTS) is 1. The fraction of sp³-hybridized carbons (Fsp3) is 0.486. The summed E-state index contributed by atoms with van der Waals surface area (Å²) in [6.07, 6.45) is 10.3. The Kier molecular flexibility index (Phi) is 11.1. The van der Waals surface area contributed by atoms with Gasteiger partial charge in [-0.1, -0.05) is 99.0 Å². The second-order valence-corrected chi connectivity index (χ2v) is 12.1. The van der Waals surface area contributed by atoms with Gasteiger partial charge in [0.2, 0.25) is 0 Å². The molecule has 5 atom stereocenters. The van der Waals surface area contributed by atoms with Crippen molar-refractivity contribution < 1.29 is 24.1 Å². The first kappa shape index (κ1) is 30.3. The second-order valence-electron chi connectivity index (χ2n) is 12.1. The van der Waals surface area contributed by atoms with Crippen molar-refractivity contribution in [3.63, 3.8) is 0 Å². The zero-order chi connectivity index (χ0) is 29.1. The van der Waals surface area contributed by atoms with E-state index >= 15 is 0 Å². The largest absolute Gasteiger partial charge is 0.482 e. The number of benzene rings is 3. The van der Waals surface area contributed by atoms with E-state index in [2.05, 4.69) is 67.6 Å². The Morgan fingerprint density at radius 1 is 0.881 bits per heavy atom. The van der Waals surface area contributed by atoms with Crippen LogP contribution in [0.2, 0.25) is 0 Å². The molecular formula is C37H46O5. The monoisotopic (exact) mass is 570 g/mol. The Hall–Kier alpha value is -3.15. The molecule has 2 aliphatic carbocycles. The van der Waals surface area contributed by atoms with Gasteiger partial charge in [0, 0.05) is 0 Å². The van der Waals surface area contributed by atoms with E-state index in [1.807, 2.05) is 18.2 Å². The molecule has 0 saturated heterocycles. The zero-order valence-electron chi connectivity index (χ0n) is 25.0. The molecule has 0 spiro atoms. The van der Waals surface area contributed by atoms with Gasteiger partial charge in [-0.05, 0) is 84.6 Å². The number of fused-ring (bicyclic) bond motifs is 2. The minimum Gasteiger partial charge on any atom is -0.482 e. The maximum absolute atomic E-state index is 11.2. The van der Waals surface area contributed by atoms with Crippen molar-refractivity contribution >= 4 is 5.97 Å². The molecule has 0 amide bonds. The van der Waals surface area contributed by atoms with Crippen molar-refractivity contribution in [1.29, 1.82) is 0 Å². The molecule has 3 aromatic carbocycles. The molecule has 42 heavy (non-hydrogen) atoms. The Balaban J connectivity index is 1.30. The summed E-state index contributed by atoms with van der Waals surface area (Å²) in [5.41, 5.74) is 4.92. The van der Waals surface area contributed by atoms with Crippen LogP contribution in [0.3, 0.4) is 0 Å². The van der Waals surface area contributed by atoms with Gasteiger partial charge < -0.3 is 19.3 Å². The molecule has 5 nitrogen and oxygen atoms in total. The molecule has 1 saturated carbocycles. The molecule has 1 N–H and O–H groups in total. The number of ether oxygens (including phenoxy) is 3. The molecule has 5 rings (SSSR count). The Labute approximate surface area is 251 Å². The predicted octanol–water partition coefficient (Wildman–Crippen LogP) is 8.03. The van der Waals surface area contributed by atoms with E-state index in [-0.39, 0.29) is 18.8 Å². The smallest absolute Gasteiger partial charge is 0.341 e. The highest BCUT2D eigenvalue weighted by Gasteiger charge is 2.46. The highest BCUT2D eigenvalue weighted by molar-refractivity contribution is 5.68. The molecule has 224 valence electrons. The van der Waals surface area contributed by atoms with E-state index in [1.54, 1.807) is 0 Å². The first-order chi connectivity index (χ1) is 20.6. The van der Waals surface area contributed by atoms with E-state index in [9.17, 15) is 9.90 Å². The third kappa shape index (κ3) is 8.23. The van der Waals surface area contributed by atoms with Crippen molar-refractivity contribution in [3.05, 3.63) is 101 Å². The molecular weight excluding hydrogens is 524 g/mol. The van der Waals surface area contributed by atoms with Crippen LogP contribution in [0.5, 0.6) is 5.75 Å². The molecule has 2 aliphatic rings. The molecule has 0 aromatic heterocycles. The van der Waals surface area contributed by atoms with Crippen LogP contribution in [0, 0.1) is 17.8 Å². The van der Waals surface area contributed by atoms with Crippen LogP contribution in [-0.2, 0) is 40.3 Å². The van der Waals surface area contributed by atoms with Crippen LogP contribution >= 0.6 is 0 Å². The Morgan fingerprint density at radius 3 is 2.33 bits per heavy atom. The van der Waals surface area contributed by atoms with E-state index in [1.165, 1.54) is 41.5 Å². The second kappa shape index (κ2) is 15.4. The van der Waals surface area contributed by atoms with Gasteiger partial charge >= 0.3 is 5.97 Å². The zero-order valence-corrected chi connectivity index (χ0v) is 25.0. The minimum atomic E-state index is -0.945. The fourth-order valence-electron chi connectivity index (χ4n) is 7.12. The van der Waals surface area contributed by atoms with Crippen molar-refractivity contribution in [2.24, 2.45) is 17.8 Å². The van der Waals surface area contributed by atoms with Gasteiger partial charge in [0.1, 0.15) is 5.75 Å². The third-order valence-electron chi connectivity index (χ3n) is 9.26. The summed E-state index contributed by atoms with van der Waals surface area (Å²) < 4.78 is 19.0. The highest BCUT2D eigenvalue weighted by atomic mass is 16.5. The lowest BCUT2D eigenvalue weighted by Crippen LogP contribution is -2.29. The van der Waals surface area contributed by atoms with E-state index in [4.69, 9.17) is 14.2 Å². The molecule has 0 bridgehead atoms. The summed E-state index contributed by atoms with van der Waals surface area (Å²) in [5, 5.41) is 9.17. The normalized spacial score (nSPS) is 21.8. The maximum atomic E-state index is 11.2. The van der Waals surface area contributed by atoms with Crippen molar-refractivity contribution in [3.8, 4) is 5.75 Å². The van der Waals surface area contributed by atoms with Crippen LogP contribution in [0.25, 0.3) is 0 Å². The quantitative estimate of drug-likeness (QED) is 0.177. The number of hydrogen-bond acceptors (Lipinski definition) is 4. The standard InChI is InChI=1S/C37H46O5/c1-2-3-6-17-31(40-24-27-12-7-4-8-13-27)19-20-32-33-21-29-16-11-18-35(42-26-37(38)39)34(29)22-30(33)23-36(32)41-25-28-14-9-5-10-15-28/h4-5,7-16,18,30-33,36H,2-3,6,17,19-26H2,1H3,(H,38,39). The predicted molar refractivity (Wildman–Crippen MR) is 165 cm³/mol. The van der Waals surface area contributed by atoms with Crippen LogP contribution in [0.1, 0.15) is 74.1 Å². The molecule has 5 unspecified atom stereocenters. The summed E-state index contributed by atoms with van der Waals surface area (Å²) >= 11 is 0. The van der Waals surface area contributed by atoms with Crippen LogP contribution in [0.15, 0.2) is 78.9 Å². The van der Waals surface area contributed by atoms with Gasteiger partial charge in [-0.3, -0.25) is 0 Å². The van der Waals surface area contributed by atoms with Crippen LogP contribution in [-0.4, -0.2) is 29.9 Å². The van der Waals surface area contributed by atoms with Gasteiger partial charge in [0.05, 0.1) is 25.4 Å². The van der Waals surface area contributed by atoms with Crippen LogP contribution in [0.4, 0.5) is 0 Å². The van der Waals surface area contributed by atoms with Crippen molar-refractivity contribution in [2.75, 3.05) is 6.61 Å². The number of unbranched alkanes of at least 4 members (excludes halogenated alkanes) is 2. The lowest BCUT2D eigenvalue weighted by Gasteiger charge is -2.33. The SMILES string of the molecule is CCCCCC(CCC1C(OCc2ccccc2)CC2Cc3c(cccc3OCC(=O)O)CC21)OCc1ccccc1. The number of carboxylic acids is 1. The number of hydrogen-bond donors (Lipinski definition) is 1. The highest BCUT2D eigenvalue weighted by Crippen LogP contribution is 2.49. The fourth-order valence-corrected chi connectivity index (χ4v) is 7.12. The maximum Gasteiger partial charge on any atom is 0.341 e. The summed E-state index contributed by atoms with van der Waals surface area (Å²) in [5.74, 6) is 1.29. The Bertz CT molecular complexity index is 1240. The van der Waals surface area contributed by atoms with Gasteiger partial charge in [0.15, 0.2) is 6.61 Å². The molecule has 3 aromatic rings. The van der Waals surface area contributed by atoms with E-state index < -0.39 is 5.97 Å². The number of rotatable bonds is 16. The summed E-state index contributed by atoms with van der Waals surface area (Å²) in [6, 6.07) is 27.1. The minimum absolute atomic E-state index is 0.198.